The van der Waals surface area contributed by atoms with Gasteiger partial charge in [-0.1, -0.05) is 0 Å². The van der Waals surface area contributed by atoms with Crippen molar-refractivity contribution < 1.29 is 9.53 Å². The topological polar surface area (TPSA) is 82.2 Å². The van der Waals surface area contributed by atoms with Gasteiger partial charge in [0.2, 0.25) is 0 Å². The maximum absolute atomic E-state index is 11.5. The molecule has 3 N–H and O–H groups in total. The molecule has 0 fully saturated rings. The number of rotatable bonds is 4. The first-order valence-corrected chi connectivity index (χ1v) is 5.92. The Morgan fingerprint density at radius 3 is 2.89 bits per heavy atom. The molecule has 1 aromatic heterocycles. The second kappa shape index (κ2) is 5.43. The van der Waals surface area contributed by atoms with E-state index in [1.54, 1.807) is 22.9 Å². The van der Waals surface area contributed by atoms with Crippen LogP contribution in [0.1, 0.15) is 17.3 Å². The molecule has 0 bridgehead atoms. The number of aryl methyl sites for hydroxylation is 1. The van der Waals surface area contributed by atoms with Crippen LogP contribution in [0, 0.1) is 0 Å². The third-order valence-corrected chi connectivity index (χ3v) is 2.70. The number of anilines is 3. The predicted octanol–water partition coefficient (Wildman–Crippen LogP) is 2.02. The van der Waals surface area contributed by atoms with Crippen molar-refractivity contribution in [2.24, 2.45) is 0 Å². The highest BCUT2D eigenvalue weighted by Crippen LogP contribution is 2.23. The van der Waals surface area contributed by atoms with E-state index in [4.69, 9.17) is 5.73 Å². The van der Waals surface area contributed by atoms with E-state index in [0.717, 1.165) is 6.54 Å². The maximum atomic E-state index is 11.5. The molecule has 0 aliphatic heterocycles. The summed E-state index contributed by atoms with van der Waals surface area (Å²) in [5.74, 6) is 0.276. The Balaban J connectivity index is 2.25. The van der Waals surface area contributed by atoms with Crippen LogP contribution in [0.2, 0.25) is 0 Å². The first-order valence-electron chi connectivity index (χ1n) is 5.92. The van der Waals surface area contributed by atoms with Gasteiger partial charge in [-0.3, -0.25) is 4.68 Å². The van der Waals surface area contributed by atoms with Crippen molar-refractivity contribution in [3.63, 3.8) is 0 Å². The molecule has 0 unspecified atom stereocenters. The van der Waals surface area contributed by atoms with E-state index in [2.05, 4.69) is 15.2 Å². The molecule has 1 heterocycles. The molecule has 0 radical (unpaired) electrons. The number of nitrogens with zero attached hydrogens (tertiary/aromatic N) is 2. The number of hydrogen-bond donors (Lipinski definition) is 2. The van der Waals surface area contributed by atoms with E-state index < -0.39 is 5.97 Å². The van der Waals surface area contributed by atoms with Crippen molar-refractivity contribution >= 4 is 23.2 Å². The van der Waals surface area contributed by atoms with Gasteiger partial charge in [0.05, 0.1) is 24.0 Å². The van der Waals surface area contributed by atoms with Gasteiger partial charge in [-0.15, -0.1) is 0 Å². The van der Waals surface area contributed by atoms with Gasteiger partial charge in [0.15, 0.2) is 5.82 Å². The SMILES string of the molecule is CCn1ccc(Nc2cc(C(=O)OC)ccc2N)n1. The van der Waals surface area contributed by atoms with Gasteiger partial charge in [0, 0.05) is 18.8 Å². The fourth-order valence-electron chi connectivity index (χ4n) is 1.65. The van der Waals surface area contributed by atoms with E-state index >= 15 is 0 Å². The minimum absolute atomic E-state index is 0.401. The van der Waals surface area contributed by atoms with Crippen molar-refractivity contribution in [2.75, 3.05) is 18.2 Å². The molecule has 2 aromatic rings. The molecule has 0 aliphatic carbocycles. The number of esters is 1. The molecule has 100 valence electrons. The number of carbonyl (C=O) groups is 1. The number of benzene rings is 1. The zero-order valence-electron chi connectivity index (χ0n) is 10.9. The summed E-state index contributed by atoms with van der Waals surface area (Å²) in [6.45, 7) is 2.79. The van der Waals surface area contributed by atoms with E-state index in [-0.39, 0.29) is 0 Å². The molecular weight excluding hydrogens is 244 g/mol. The lowest BCUT2D eigenvalue weighted by molar-refractivity contribution is 0.0601. The highest BCUT2D eigenvalue weighted by Gasteiger charge is 2.09. The van der Waals surface area contributed by atoms with Gasteiger partial charge >= 0.3 is 5.97 Å². The number of carbonyl (C=O) groups excluding carboxylic acids is 1. The summed E-state index contributed by atoms with van der Waals surface area (Å²) in [6.07, 6.45) is 1.86. The Hall–Kier alpha value is -2.50. The molecule has 0 atom stereocenters. The van der Waals surface area contributed by atoms with Crippen LogP contribution in [0.15, 0.2) is 30.5 Å². The molecule has 6 nitrogen and oxygen atoms in total. The quantitative estimate of drug-likeness (QED) is 0.649. The fraction of sp³-hybridized carbons (Fsp3) is 0.231. The van der Waals surface area contributed by atoms with Gasteiger partial charge in [0.25, 0.3) is 0 Å². The van der Waals surface area contributed by atoms with Crippen molar-refractivity contribution in [1.29, 1.82) is 0 Å². The number of nitrogens with one attached hydrogen (secondary N) is 1. The number of hydrogen-bond acceptors (Lipinski definition) is 5. The highest BCUT2D eigenvalue weighted by molar-refractivity contribution is 5.92. The fourth-order valence-corrected chi connectivity index (χ4v) is 1.65. The van der Waals surface area contributed by atoms with E-state index in [1.807, 2.05) is 19.2 Å². The van der Waals surface area contributed by atoms with Crippen LogP contribution in [0.25, 0.3) is 0 Å². The zero-order chi connectivity index (χ0) is 13.8. The molecule has 0 spiro atoms. The molecule has 0 amide bonds. The standard InChI is InChI=1S/C13H16N4O2/c1-3-17-7-6-12(16-17)15-11-8-9(13(18)19-2)4-5-10(11)14/h4-8H,3,14H2,1-2H3,(H,15,16). The first-order chi connectivity index (χ1) is 9.13. The Kier molecular flexibility index (Phi) is 3.70. The average molecular weight is 260 g/mol. The molecular formula is C13H16N4O2. The summed E-state index contributed by atoms with van der Waals surface area (Å²) < 4.78 is 6.47. The lowest BCUT2D eigenvalue weighted by Crippen LogP contribution is -2.04. The summed E-state index contributed by atoms with van der Waals surface area (Å²) in [7, 11) is 1.34. The van der Waals surface area contributed by atoms with Crippen LogP contribution in [0.4, 0.5) is 17.2 Å². The van der Waals surface area contributed by atoms with Crippen molar-refractivity contribution in [2.45, 2.75) is 13.5 Å². The molecule has 0 saturated heterocycles. The smallest absolute Gasteiger partial charge is 0.337 e. The van der Waals surface area contributed by atoms with Crippen LogP contribution >= 0.6 is 0 Å². The zero-order valence-corrected chi connectivity index (χ0v) is 10.9. The van der Waals surface area contributed by atoms with Crippen LogP contribution in [0.3, 0.4) is 0 Å². The predicted molar refractivity (Wildman–Crippen MR) is 73.4 cm³/mol. The van der Waals surface area contributed by atoms with Crippen LogP contribution in [0.5, 0.6) is 0 Å². The van der Waals surface area contributed by atoms with Crippen LogP contribution in [-0.4, -0.2) is 22.9 Å². The largest absolute Gasteiger partial charge is 0.465 e. The van der Waals surface area contributed by atoms with E-state index in [9.17, 15) is 4.79 Å². The van der Waals surface area contributed by atoms with Crippen LogP contribution < -0.4 is 11.1 Å². The van der Waals surface area contributed by atoms with Gasteiger partial charge in [-0.05, 0) is 25.1 Å². The molecule has 0 aliphatic rings. The third-order valence-electron chi connectivity index (χ3n) is 2.70. The number of methoxy groups -OCH3 is 1. The van der Waals surface area contributed by atoms with Crippen molar-refractivity contribution in [3.8, 4) is 0 Å². The maximum Gasteiger partial charge on any atom is 0.337 e. The highest BCUT2D eigenvalue weighted by atomic mass is 16.5. The lowest BCUT2D eigenvalue weighted by atomic mass is 10.1. The van der Waals surface area contributed by atoms with Gasteiger partial charge in [0.1, 0.15) is 0 Å². The average Bonchev–Trinajstić information content (AvgIpc) is 2.88. The summed E-state index contributed by atoms with van der Waals surface area (Å²) >= 11 is 0. The summed E-state index contributed by atoms with van der Waals surface area (Å²) in [6, 6.07) is 6.77. The molecule has 19 heavy (non-hydrogen) atoms. The van der Waals surface area contributed by atoms with Crippen LogP contribution in [-0.2, 0) is 11.3 Å². The Morgan fingerprint density at radius 2 is 2.26 bits per heavy atom. The number of aromatic nitrogens is 2. The van der Waals surface area contributed by atoms with Crippen molar-refractivity contribution in [3.05, 3.63) is 36.0 Å². The molecule has 2 rings (SSSR count). The number of nitrogens with two attached hydrogens (primary N) is 1. The summed E-state index contributed by atoms with van der Waals surface area (Å²) in [5.41, 5.74) is 7.48. The summed E-state index contributed by atoms with van der Waals surface area (Å²) in [5, 5.41) is 7.38. The Morgan fingerprint density at radius 1 is 1.47 bits per heavy atom. The Bertz CT molecular complexity index is 592. The minimum atomic E-state index is -0.401. The lowest BCUT2D eigenvalue weighted by Gasteiger charge is -2.08. The molecule has 1 aromatic carbocycles. The van der Waals surface area contributed by atoms with E-state index in [1.165, 1.54) is 7.11 Å². The van der Waals surface area contributed by atoms with Gasteiger partial charge in [-0.2, -0.15) is 5.10 Å². The minimum Gasteiger partial charge on any atom is -0.465 e. The molecule has 6 heteroatoms. The van der Waals surface area contributed by atoms with E-state index in [0.29, 0.717) is 22.8 Å². The third kappa shape index (κ3) is 2.85. The number of nitrogen functional groups attached to an aromatic ring is 1. The summed E-state index contributed by atoms with van der Waals surface area (Å²) in [4.78, 5) is 11.5. The van der Waals surface area contributed by atoms with Crippen molar-refractivity contribution in [1.82, 2.24) is 9.78 Å². The normalized spacial score (nSPS) is 10.2. The number of ether oxygens (including phenoxy) is 1. The Labute approximate surface area is 111 Å². The van der Waals surface area contributed by atoms with Gasteiger partial charge in [-0.25, -0.2) is 4.79 Å². The molecule has 0 saturated carbocycles. The first kappa shape index (κ1) is 12.9. The second-order valence-corrected chi connectivity index (χ2v) is 3.98. The van der Waals surface area contributed by atoms with Gasteiger partial charge < -0.3 is 15.8 Å². The second-order valence-electron chi connectivity index (χ2n) is 3.98. The monoisotopic (exact) mass is 260 g/mol.